The van der Waals surface area contributed by atoms with E-state index in [0.717, 1.165) is 44.6 Å². The van der Waals surface area contributed by atoms with Gasteiger partial charge in [0, 0.05) is 22.8 Å². The number of fused-ring (bicyclic) bond motifs is 2. The summed E-state index contributed by atoms with van der Waals surface area (Å²) in [6, 6.07) is 13.6. The summed E-state index contributed by atoms with van der Waals surface area (Å²) in [6.07, 6.45) is 2.21. The Morgan fingerprint density at radius 2 is 1.80 bits per heavy atom. The van der Waals surface area contributed by atoms with E-state index in [9.17, 15) is 4.79 Å². The molecule has 5 nitrogen and oxygen atoms in total. The Morgan fingerprint density at radius 1 is 1.04 bits per heavy atom. The molecule has 2 heterocycles. The zero-order valence-corrected chi connectivity index (χ0v) is 14.1. The number of para-hydroxylation sites is 1. The average Bonchev–Trinajstić information content (AvgIpc) is 2.99. The molecule has 1 amide bonds. The van der Waals surface area contributed by atoms with E-state index in [1.807, 2.05) is 62.5 Å². The first-order valence-electron chi connectivity index (χ1n) is 8.20. The van der Waals surface area contributed by atoms with E-state index in [4.69, 9.17) is 0 Å². The van der Waals surface area contributed by atoms with E-state index >= 15 is 0 Å². The highest BCUT2D eigenvalue weighted by Gasteiger charge is 2.10. The predicted octanol–water partition coefficient (Wildman–Crippen LogP) is 3.91. The summed E-state index contributed by atoms with van der Waals surface area (Å²) in [5.41, 5.74) is 6.19. The molecule has 0 aliphatic rings. The molecule has 0 radical (unpaired) electrons. The fourth-order valence-corrected chi connectivity index (χ4v) is 2.96. The number of H-pyrrole nitrogens is 1. The molecule has 0 unspecified atom stereocenters. The molecule has 4 aromatic rings. The number of carbonyl (C=O) groups is 1. The summed E-state index contributed by atoms with van der Waals surface area (Å²) >= 11 is 0. The van der Waals surface area contributed by atoms with Gasteiger partial charge >= 0.3 is 0 Å². The molecule has 5 heteroatoms. The van der Waals surface area contributed by atoms with Crippen molar-refractivity contribution in [3.8, 4) is 0 Å². The molecular weight excluding hydrogens is 312 g/mol. The van der Waals surface area contributed by atoms with E-state index < -0.39 is 0 Å². The molecule has 0 atom stereocenters. The van der Waals surface area contributed by atoms with Crippen molar-refractivity contribution in [2.24, 2.45) is 0 Å². The van der Waals surface area contributed by atoms with Crippen LogP contribution in [0.4, 0.5) is 5.69 Å². The van der Waals surface area contributed by atoms with Gasteiger partial charge in [0.15, 0.2) is 0 Å². The van der Waals surface area contributed by atoms with Crippen LogP contribution in [0.5, 0.6) is 0 Å². The standard InChI is InChI=1S/C20H18N4O/c1-12-13(2)23-19-10-15(7-8-18(19)22-12)24-20(25)9-14-11-21-17-6-4-3-5-16(14)17/h3-8,10-11,21H,9H2,1-2H3,(H,24,25). The van der Waals surface area contributed by atoms with Crippen LogP contribution < -0.4 is 5.32 Å². The number of nitrogens with one attached hydrogen (secondary N) is 2. The van der Waals surface area contributed by atoms with Crippen LogP contribution >= 0.6 is 0 Å². The number of aromatic amines is 1. The van der Waals surface area contributed by atoms with Crippen LogP contribution in [0.3, 0.4) is 0 Å². The maximum Gasteiger partial charge on any atom is 0.228 e. The molecule has 4 rings (SSSR count). The molecule has 0 fully saturated rings. The van der Waals surface area contributed by atoms with Crippen LogP contribution in [0.1, 0.15) is 17.0 Å². The van der Waals surface area contributed by atoms with Crippen LogP contribution in [-0.4, -0.2) is 20.9 Å². The molecule has 0 bridgehead atoms. The number of anilines is 1. The lowest BCUT2D eigenvalue weighted by molar-refractivity contribution is -0.115. The van der Waals surface area contributed by atoms with Crippen LogP contribution in [0.2, 0.25) is 0 Å². The Balaban J connectivity index is 1.56. The smallest absolute Gasteiger partial charge is 0.228 e. The maximum atomic E-state index is 12.4. The topological polar surface area (TPSA) is 70.7 Å². The Kier molecular flexibility index (Phi) is 3.69. The maximum absolute atomic E-state index is 12.4. The minimum absolute atomic E-state index is 0.0547. The van der Waals surface area contributed by atoms with Gasteiger partial charge in [-0.2, -0.15) is 0 Å². The molecule has 0 aliphatic carbocycles. The number of carbonyl (C=O) groups excluding carboxylic acids is 1. The second-order valence-electron chi connectivity index (χ2n) is 6.18. The van der Waals surface area contributed by atoms with Gasteiger partial charge in [0.25, 0.3) is 0 Å². The molecule has 25 heavy (non-hydrogen) atoms. The first-order chi connectivity index (χ1) is 12.1. The van der Waals surface area contributed by atoms with Gasteiger partial charge in [0.05, 0.1) is 28.8 Å². The molecule has 2 aromatic carbocycles. The Hall–Kier alpha value is -3.21. The fraction of sp³-hybridized carbons (Fsp3) is 0.150. The van der Waals surface area contributed by atoms with Crippen molar-refractivity contribution in [1.82, 2.24) is 15.0 Å². The molecule has 0 aliphatic heterocycles. The number of hydrogen-bond donors (Lipinski definition) is 2. The zero-order chi connectivity index (χ0) is 17.4. The number of nitrogens with zero attached hydrogens (tertiary/aromatic N) is 2. The highest BCUT2D eigenvalue weighted by Crippen LogP contribution is 2.20. The van der Waals surface area contributed by atoms with E-state index in [2.05, 4.69) is 20.3 Å². The minimum Gasteiger partial charge on any atom is -0.361 e. The summed E-state index contributed by atoms with van der Waals surface area (Å²) in [4.78, 5) is 24.7. The average molecular weight is 330 g/mol. The number of hydrogen-bond acceptors (Lipinski definition) is 3. The van der Waals surface area contributed by atoms with Gasteiger partial charge in [-0.15, -0.1) is 0 Å². The monoisotopic (exact) mass is 330 g/mol. The van der Waals surface area contributed by atoms with Crippen molar-refractivity contribution in [3.05, 3.63) is 65.6 Å². The largest absolute Gasteiger partial charge is 0.361 e. The molecule has 0 saturated carbocycles. The van der Waals surface area contributed by atoms with E-state index in [0.29, 0.717) is 6.42 Å². The summed E-state index contributed by atoms with van der Waals surface area (Å²) in [7, 11) is 0. The van der Waals surface area contributed by atoms with Crippen LogP contribution in [0, 0.1) is 13.8 Å². The highest BCUT2D eigenvalue weighted by molar-refractivity contribution is 5.97. The number of aryl methyl sites for hydroxylation is 2. The fourth-order valence-electron chi connectivity index (χ4n) is 2.96. The second kappa shape index (κ2) is 6.02. The molecule has 124 valence electrons. The first-order valence-corrected chi connectivity index (χ1v) is 8.20. The SMILES string of the molecule is Cc1nc2ccc(NC(=O)Cc3c[nH]c4ccccc34)cc2nc1C. The summed E-state index contributed by atoms with van der Waals surface area (Å²) in [5.74, 6) is -0.0547. The van der Waals surface area contributed by atoms with Crippen molar-refractivity contribution in [2.75, 3.05) is 5.32 Å². The molecule has 2 aromatic heterocycles. The van der Waals surface area contributed by atoms with Crippen LogP contribution in [0.15, 0.2) is 48.7 Å². The van der Waals surface area contributed by atoms with Crippen molar-refractivity contribution in [1.29, 1.82) is 0 Å². The zero-order valence-electron chi connectivity index (χ0n) is 14.1. The summed E-state index contributed by atoms with van der Waals surface area (Å²) < 4.78 is 0. The number of amides is 1. The van der Waals surface area contributed by atoms with Gasteiger partial charge in [-0.25, -0.2) is 9.97 Å². The van der Waals surface area contributed by atoms with E-state index in [1.54, 1.807) is 0 Å². The number of rotatable bonds is 3. The van der Waals surface area contributed by atoms with Crippen molar-refractivity contribution < 1.29 is 4.79 Å². The van der Waals surface area contributed by atoms with Gasteiger partial charge in [0.2, 0.25) is 5.91 Å². The molecular formula is C20H18N4O. The van der Waals surface area contributed by atoms with Crippen molar-refractivity contribution >= 4 is 33.5 Å². The third-order valence-electron chi connectivity index (χ3n) is 4.39. The van der Waals surface area contributed by atoms with Gasteiger partial charge in [-0.3, -0.25) is 4.79 Å². The number of aromatic nitrogens is 3. The number of benzene rings is 2. The van der Waals surface area contributed by atoms with E-state index in [-0.39, 0.29) is 5.91 Å². The Labute approximate surface area is 145 Å². The summed E-state index contributed by atoms with van der Waals surface area (Å²) in [6.45, 7) is 3.88. The third-order valence-corrected chi connectivity index (χ3v) is 4.39. The van der Waals surface area contributed by atoms with Gasteiger partial charge in [0.1, 0.15) is 0 Å². The first kappa shape index (κ1) is 15.3. The summed E-state index contributed by atoms with van der Waals surface area (Å²) in [5, 5.41) is 4.03. The van der Waals surface area contributed by atoms with Crippen LogP contribution in [0.25, 0.3) is 21.9 Å². The normalized spacial score (nSPS) is 11.1. The van der Waals surface area contributed by atoms with E-state index in [1.165, 1.54) is 0 Å². The predicted molar refractivity (Wildman–Crippen MR) is 99.6 cm³/mol. The third kappa shape index (κ3) is 2.96. The highest BCUT2D eigenvalue weighted by atomic mass is 16.1. The quantitative estimate of drug-likeness (QED) is 0.598. The Bertz CT molecular complexity index is 1100. The van der Waals surface area contributed by atoms with Gasteiger partial charge in [-0.1, -0.05) is 18.2 Å². The van der Waals surface area contributed by atoms with Gasteiger partial charge < -0.3 is 10.3 Å². The molecule has 0 saturated heterocycles. The van der Waals surface area contributed by atoms with Crippen molar-refractivity contribution in [2.45, 2.75) is 20.3 Å². The minimum atomic E-state index is -0.0547. The van der Waals surface area contributed by atoms with Gasteiger partial charge in [-0.05, 0) is 43.7 Å². The van der Waals surface area contributed by atoms with Crippen LogP contribution in [-0.2, 0) is 11.2 Å². The lowest BCUT2D eigenvalue weighted by atomic mass is 10.1. The second-order valence-corrected chi connectivity index (χ2v) is 6.18. The van der Waals surface area contributed by atoms with Crippen molar-refractivity contribution in [3.63, 3.8) is 0 Å². The lowest BCUT2D eigenvalue weighted by Gasteiger charge is -2.07. The molecule has 0 spiro atoms. The Morgan fingerprint density at radius 3 is 2.64 bits per heavy atom. The lowest BCUT2D eigenvalue weighted by Crippen LogP contribution is -2.14. The molecule has 2 N–H and O–H groups in total.